The van der Waals surface area contributed by atoms with Crippen LogP contribution in [0.1, 0.15) is 5.56 Å². The van der Waals surface area contributed by atoms with E-state index in [2.05, 4.69) is 5.32 Å². The van der Waals surface area contributed by atoms with Crippen LogP contribution in [0.5, 0.6) is 11.5 Å². The molecular weight excluding hydrogens is 336 g/mol. The molecule has 7 nitrogen and oxygen atoms in total. The minimum atomic E-state index is -0.791. The summed E-state index contributed by atoms with van der Waals surface area (Å²) in [5.74, 6) is -0.639. The monoisotopic (exact) mass is 352 g/mol. The van der Waals surface area contributed by atoms with E-state index in [1.54, 1.807) is 48.5 Å². The number of nitrogens with zero attached hydrogens (tertiary/aromatic N) is 1. The van der Waals surface area contributed by atoms with E-state index in [0.29, 0.717) is 22.7 Å². The first-order valence-electron chi connectivity index (χ1n) is 7.74. The van der Waals surface area contributed by atoms with E-state index >= 15 is 0 Å². The highest BCUT2D eigenvalue weighted by Gasteiger charge is 2.36. The van der Waals surface area contributed by atoms with Crippen molar-refractivity contribution in [3.05, 3.63) is 59.7 Å². The number of anilines is 1. The number of amides is 4. The molecule has 3 rings (SSSR count). The highest BCUT2D eigenvalue weighted by molar-refractivity contribution is 6.39. The molecule has 0 unspecified atom stereocenters. The summed E-state index contributed by atoms with van der Waals surface area (Å²) in [6.45, 7) is 0. The van der Waals surface area contributed by atoms with Crippen molar-refractivity contribution >= 4 is 29.6 Å². The summed E-state index contributed by atoms with van der Waals surface area (Å²) in [6.07, 6.45) is 1.38. The minimum absolute atomic E-state index is 0.181. The van der Waals surface area contributed by atoms with E-state index in [4.69, 9.17) is 9.47 Å². The summed E-state index contributed by atoms with van der Waals surface area (Å²) in [5.41, 5.74) is 0.665. The number of urea groups is 1. The molecule has 0 saturated carbocycles. The van der Waals surface area contributed by atoms with Crippen molar-refractivity contribution < 1.29 is 23.9 Å². The summed E-state index contributed by atoms with van der Waals surface area (Å²) >= 11 is 0. The number of imide groups is 2. The number of hydrogen-bond acceptors (Lipinski definition) is 5. The Morgan fingerprint density at radius 1 is 0.923 bits per heavy atom. The minimum Gasteiger partial charge on any atom is -0.493 e. The van der Waals surface area contributed by atoms with Crippen molar-refractivity contribution in [1.82, 2.24) is 5.32 Å². The molecule has 26 heavy (non-hydrogen) atoms. The molecule has 0 aliphatic carbocycles. The Morgan fingerprint density at radius 2 is 1.65 bits per heavy atom. The van der Waals surface area contributed by atoms with Gasteiger partial charge in [0.15, 0.2) is 11.5 Å². The quantitative estimate of drug-likeness (QED) is 0.674. The van der Waals surface area contributed by atoms with Crippen LogP contribution in [0, 0.1) is 0 Å². The van der Waals surface area contributed by atoms with Gasteiger partial charge in [-0.05, 0) is 24.3 Å². The highest BCUT2D eigenvalue weighted by Crippen LogP contribution is 2.33. The lowest BCUT2D eigenvalue weighted by Gasteiger charge is -2.26. The molecule has 0 spiro atoms. The van der Waals surface area contributed by atoms with Crippen LogP contribution >= 0.6 is 0 Å². The average Bonchev–Trinajstić information content (AvgIpc) is 2.65. The molecule has 1 fully saturated rings. The maximum Gasteiger partial charge on any atom is 0.335 e. The van der Waals surface area contributed by atoms with Gasteiger partial charge in [0.1, 0.15) is 5.57 Å². The molecule has 0 aromatic heterocycles. The van der Waals surface area contributed by atoms with E-state index in [-0.39, 0.29) is 5.57 Å². The van der Waals surface area contributed by atoms with Crippen molar-refractivity contribution in [2.24, 2.45) is 0 Å². The van der Waals surface area contributed by atoms with Gasteiger partial charge in [-0.3, -0.25) is 14.9 Å². The third-order valence-corrected chi connectivity index (χ3v) is 3.85. The first-order chi connectivity index (χ1) is 12.6. The molecule has 132 valence electrons. The van der Waals surface area contributed by atoms with E-state index in [1.165, 1.54) is 20.3 Å². The Labute approximate surface area is 149 Å². The fourth-order valence-corrected chi connectivity index (χ4v) is 2.65. The first kappa shape index (κ1) is 17.2. The number of methoxy groups -OCH3 is 2. The zero-order chi connectivity index (χ0) is 18.7. The molecular formula is C19H16N2O5. The van der Waals surface area contributed by atoms with Gasteiger partial charge < -0.3 is 9.47 Å². The number of nitrogens with one attached hydrogen (secondary N) is 1. The van der Waals surface area contributed by atoms with Crippen LogP contribution in [0.4, 0.5) is 10.5 Å². The molecule has 7 heteroatoms. The van der Waals surface area contributed by atoms with Gasteiger partial charge in [-0.2, -0.15) is 0 Å². The maximum absolute atomic E-state index is 12.8. The fourth-order valence-electron chi connectivity index (χ4n) is 2.65. The zero-order valence-electron chi connectivity index (χ0n) is 14.2. The number of benzene rings is 2. The van der Waals surface area contributed by atoms with Crippen molar-refractivity contribution in [1.29, 1.82) is 0 Å². The maximum atomic E-state index is 12.8. The summed E-state index contributed by atoms with van der Waals surface area (Å²) in [5, 5.41) is 2.18. The number of barbiturate groups is 1. The number of carbonyl (C=O) groups is 3. The van der Waals surface area contributed by atoms with Gasteiger partial charge in [0.2, 0.25) is 0 Å². The number of para-hydroxylation sites is 2. The Morgan fingerprint density at radius 3 is 2.31 bits per heavy atom. The Hall–Kier alpha value is -3.61. The Kier molecular flexibility index (Phi) is 4.70. The topological polar surface area (TPSA) is 84.9 Å². The largest absolute Gasteiger partial charge is 0.493 e. The standard InChI is InChI=1S/C19H16N2O5/c1-25-15-10-6-7-12(16(15)26-2)11-14-17(22)20-19(24)21(18(14)23)13-8-4-3-5-9-13/h3-11H,1-2H3,(H,20,22,24)/b14-11-. The molecule has 2 aromatic carbocycles. The number of hydrogen-bond donors (Lipinski definition) is 1. The van der Waals surface area contributed by atoms with Gasteiger partial charge in [0, 0.05) is 5.56 Å². The first-order valence-corrected chi connectivity index (χ1v) is 7.74. The number of rotatable bonds is 4. The van der Waals surface area contributed by atoms with E-state index < -0.39 is 17.8 Å². The van der Waals surface area contributed by atoms with Crippen LogP contribution in [0.15, 0.2) is 54.1 Å². The lowest BCUT2D eigenvalue weighted by Crippen LogP contribution is -2.54. The predicted molar refractivity (Wildman–Crippen MR) is 95.0 cm³/mol. The van der Waals surface area contributed by atoms with Gasteiger partial charge >= 0.3 is 6.03 Å². The predicted octanol–water partition coefficient (Wildman–Crippen LogP) is 2.37. The van der Waals surface area contributed by atoms with Crippen LogP contribution in [0.25, 0.3) is 6.08 Å². The van der Waals surface area contributed by atoms with Crippen molar-refractivity contribution in [2.75, 3.05) is 19.1 Å². The molecule has 4 amide bonds. The Bertz CT molecular complexity index is 905. The second-order valence-corrected chi connectivity index (χ2v) is 5.38. The average molecular weight is 352 g/mol. The summed E-state index contributed by atoms with van der Waals surface area (Å²) in [7, 11) is 2.95. The van der Waals surface area contributed by atoms with Crippen LogP contribution in [0.3, 0.4) is 0 Å². The second-order valence-electron chi connectivity index (χ2n) is 5.38. The summed E-state index contributed by atoms with van der Waals surface area (Å²) in [6, 6.07) is 12.7. The van der Waals surface area contributed by atoms with Crippen LogP contribution in [-0.2, 0) is 9.59 Å². The fraction of sp³-hybridized carbons (Fsp3) is 0.105. The SMILES string of the molecule is COc1cccc(/C=C2/C(=O)NC(=O)N(c3ccccc3)C2=O)c1OC. The molecule has 1 heterocycles. The van der Waals surface area contributed by atoms with Crippen molar-refractivity contribution in [3.8, 4) is 11.5 Å². The van der Waals surface area contributed by atoms with Crippen LogP contribution in [-0.4, -0.2) is 32.1 Å². The normalized spacial score (nSPS) is 15.8. The second kappa shape index (κ2) is 7.10. The van der Waals surface area contributed by atoms with Gasteiger partial charge in [0.25, 0.3) is 11.8 Å². The lowest BCUT2D eigenvalue weighted by molar-refractivity contribution is -0.122. The molecule has 1 aliphatic rings. The smallest absolute Gasteiger partial charge is 0.335 e. The van der Waals surface area contributed by atoms with E-state index in [0.717, 1.165) is 4.90 Å². The molecule has 1 saturated heterocycles. The molecule has 1 aliphatic heterocycles. The van der Waals surface area contributed by atoms with Gasteiger partial charge in [0.05, 0.1) is 19.9 Å². The third-order valence-electron chi connectivity index (χ3n) is 3.85. The van der Waals surface area contributed by atoms with E-state index in [1.807, 2.05) is 0 Å². The summed E-state index contributed by atoms with van der Waals surface area (Å²) in [4.78, 5) is 38.1. The molecule has 2 aromatic rings. The van der Waals surface area contributed by atoms with Crippen molar-refractivity contribution in [3.63, 3.8) is 0 Å². The summed E-state index contributed by atoms with van der Waals surface area (Å²) < 4.78 is 10.5. The highest BCUT2D eigenvalue weighted by atomic mass is 16.5. The van der Waals surface area contributed by atoms with Crippen LogP contribution in [0.2, 0.25) is 0 Å². The third kappa shape index (κ3) is 3.02. The zero-order valence-corrected chi connectivity index (χ0v) is 14.2. The molecule has 0 bridgehead atoms. The lowest BCUT2D eigenvalue weighted by atomic mass is 10.1. The van der Waals surface area contributed by atoms with Crippen LogP contribution < -0.4 is 19.7 Å². The van der Waals surface area contributed by atoms with Gasteiger partial charge in [-0.15, -0.1) is 0 Å². The van der Waals surface area contributed by atoms with Crippen molar-refractivity contribution in [2.45, 2.75) is 0 Å². The number of carbonyl (C=O) groups excluding carboxylic acids is 3. The molecule has 1 N–H and O–H groups in total. The molecule has 0 radical (unpaired) electrons. The van der Waals surface area contributed by atoms with Gasteiger partial charge in [-0.1, -0.05) is 30.3 Å². The Balaban J connectivity index is 2.07. The molecule has 0 atom stereocenters. The van der Waals surface area contributed by atoms with E-state index in [9.17, 15) is 14.4 Å². The number of ether oxygens (including phenoxy) is 2. The van der Waals surface area contributed by atoms with Gasteiger partial charge in [-0.25, -0.2) is 9.69 Å².